The minimum Gasteiger partial charge on any atom is -0.508 e. The van der Waals surface area contributed by atoms with E-state index >= 15 is 0 Å². The molecule has 0 unspecified atom stereocenters. The first kappa shape index (κ1) is 12.8. The smallest absolute Gasteiger partial charge is 0.258 e. The van der Waals surface area contributed by atoms with Crippen LogP contribution in [0.2, 0.25) is 0 Å². The topological polar surface area (TPSA) is 92.6 Å². The molecule has 0 aliphatic rings. The Hall–Kier alpha value is -2.69. The highest BCUT2D eigenvalue weighted by molar-refractivity contribution is 6.06. The van der Waals surface area contributed by atoms with Crippen molar-refractivity contribution in [2.75, 3.05) is 23.4 Å². The Morgan fingerprint density at radius 3 is 2.32 bits per heavy atom. The van der Waals surface area contributed by atoms with Gasteiger partial charge in [0, 0.05) is 35.7 Å². The predicted octanol–water partition coefficient (Wildman–Crippen LogP) is 1.83. The van der Waals surface area contributed by atoms with Crippen molar-refractivity contribution in [2.24, 2.45) is 0 Å². The van der Waals surface area contributed by atoms with Crippen molar-refractivity contribution in [3.05, 3.63) is 48.0 Å². The van der Waals surface area contributed by atoms with Crippen LogP contribution >= 0.6 is 0 Å². The molecule has 0 heterocycles. The maximum Gasteiger partial charge on any atom is 0.258 e. The molecule has 5 nitrogen and oxygen atoms in total. The second-order valence-electron chi connectivity index (χ2n) is 4.27. The number of carbonyl (C=O) groups excluding carboxylic acids is 1. The van der Waals surface area contributed by atoms with Crippen molar-refractivity contribution in [3.8, 4) is 5.75 Å². The van der Waals surface area contributed by atoms with Crippen molar-refractivity contribution in [2.45, 2.75) is 0 Å². The molecule has 0 saturated heterocycles. The van der Waals surface area contributed by atoms with Crippen LogP contribution in [0.4, 0.5) is 17.1 Å². The number of hydrogen-bond donors (Lipinski definition) is 3. The van der Waals surface area contributed by atoms with E-state index in [2.05, 4.69) is 0 Å². The molecular formula is C14H15N3O2. The first-order valence-corrected chi connectivity index (χ1v) is 5.70. The number of amides is 1. The molecule has 0 radical (unpaired) electrons. The quantitative estimate of drug-likeness (QED) is 0.715. The van der Waals surface area contributed by atoms with Crippen LogP contribution in [0.25, 0.3) is 0 Å². The van der Waals surface area contributed by atoms with Gasteiger partial charge in [0.25, 0.3) is 5.91 Å². The van der Waals surface area contributed by atoms with Crippen molar-refractivity contribution in [1.29, 1.82) is 0 Å². The summed E-state index contributed by atoms with van der Waals surface area (Å²) in [4.78, 5) is 13.7. The van der Waals surface area contributed by atoms with Gasteiger partial charge < -0.3 is 21.5 Å². The van der Waals surface area contributed by atoms with Crippen molar-refractivity contribution in [1.82, 2.24) is 0 Å². The lowest BCUT2D eigenvalue weighted by Crippen LogP contribution is -2.26. The third-order valence-corrected chi connectivity index (χ3v) is 2.75. The summed E-state index contributed by atoms with van der Waals surface area (Å²) < 4.78 is 0. The largest absolute Gasteiger partial charge is 0.508 e. The highest BCUT2D eigenvalue weighted by Crippen LogP contribution is 2.22. The first-order valence-electron chi connectivity index (χ1n) is 5.70. The number of nitrogens with two attached hydrogens (primary N) is 2. The molecule has 2 aromatic carbocycles. The number of hydrogen-bond acceptors (Lipinski definition) is 4. The van der Waals surface area contributed by atoms with Crippen LogP contribution in [0.5, 0.6) is 5.75 Å². The molecule has 98 valence electrons. The van der Waals surface area contributed by atoms with E-state index in [9.17, 15) is 9.90 Å². The fraction of sp³-hybridized carbons (Fsp3) is 0.0714. The van der Waals surface area contributed by atoms with E-state index in [0.717, 1.165) is 0 Å². The lowest BCUT2D eigenvalue weighted by molar-refractivity contribution is 0.0993. The molecular weight excluding hydrogens is 242 g/mol. The van der Waals surface area contributed by atoms with Crippen LogP contribution in [-0.4, -0.2) is 18.1 Å². The molecule has 5 heteroatoms. The summed E-state index contributed by atoms with van der Waals surface area (Å²) in [6.07, 6.45) is 0. The Balaban J connectivity index is 2.33. The number of carbonyl (C=O) groups is 1. The Morgan fingerprint density at radius 1 is 1.11 bits per heavy atom. The average molecular weight is 257 g/mol. The Bertz CT molecular complexity index is 606. The summed E-state index contributed by atoms with van der Waals surface area (Å²) in [5, 5.41) is 9.42. The van der Waals surface area contributed by atoms with Crippen LogP contribution in [0.3, 0.4) is 0 Å². The van der Waals surface area contributed by atoms with Gasteiger partial charge in [-0.3, -0.25) is 4.79 Å². The maximum absolute atomic E-state index is 12.3. The lowest BCUT2D eigenvalue weighted by atomic mass is 10.1. The molecule has 0 bridgehead atoms. The fourth-order valence-corrected chi connectivity index (χ4v) is 1.81. The molecule has 0 aliphatic heterocycles. The summed E-state index contributed by atoms with van der Waals surface area (Å²) in [6.45, 7) is 0. The number of aromatic hydroxyl groups is 1. The second kappa shape index (κ2) is 4.89. The number of rotatable bonds is 2. The summed E-state index contributed by atoms with van der Waals surface area (Å²) in [6, 6.07) is 11.2. The third-order valence-electron chi connectivity index (χ3n) is 2.75. The zero-order chi connectivity index (χ0) is 14.0. The maximum atomic E-state index is 12.3. The van der Waals surface area contributed by atoms with Gasteiger partial charge in [-0.1, -0.05) is 6.07 Å². The Kier molecular flexibility index (Phi) is 3.29. The zero-order valence-corrected chi connectivity index (χ0v) is 10.5. The highest BCUT2D eigenvalue weighted by atomic mass is 16.3. The number of benzene rings is 2. The molecule has 5 N–H and O–H groups in total. The Morgan fingerprint density at radius 2 is 1.74 bits per heavy atom. The summed E-state index contributed by atoms with van der Waals surface area (Å²) in [5.74, 6) is -0.145. The van der Waals surface area contributed by atoms with E-state index < -0.39 is 0 Å². The molecule has 0 aliphatic carbocycles. The van der Waals surface area contributed by atoms with E-state index in [-0.39, 0.29) is 11.7 Å². The monoisotopic (exact) mass is 257 g/mol. The Labute approximate surface area is 111 Å². The van der Waals surface area contributed by atoms with E-state index in [1.807, 2.05) is 0 Å². The van der Waals surface area contributed by atoms with Gasteiger partial charge in [-0.05, 0) is 30.3 Å². The summed E-state index contributed by atoms with van der Waals surface area (Å²) in [5.41, 5.74) is 13.2. The fourth-order valence-electron chi connectivity index (χ4n) is 1.81. The number of phenolic OH excluding ortho intramolecular Hbond substituents is 1. The number of nitrogen functional groups attached to an aromatic ring is 2. The lowest BCUT2D eigenvalue weighted by Gasteiger charge is -2.18. The van der Waals surface area contributed by atoms with E-state index in [1.54, 1.807) is 43.4 Å². The molecule has 2 rings (SSSR count). The normalized spacial score (nSPS) is 10.2. The minimum atomic E-state index is -0.246. The zero-order valence-electron chi connectivity index (χ0n) is 10.5. The molecule has 19 heavy (non-hydrogen) atoms. The van der Waals surface area contributed by atoms with E-state index in [1.165, 1.54) is 11.0 Å². The van der Waals surface area contributed by atoms with Gasteiger partial charge in [0.05, 0.1) is 0 Å². The summed E-state index contributed by atoms with van der Waals surface area (Å²) >= 11 is 0. The number of nitrogens with zero attached hydrogens (tertiary/aromatic N) is 1. The molecule has 0 fully saturated rings. The van der Waals surface area contributed by atoms with Crippen LogP contribution in [0, 0.1) is 0 Å². The van der Waals surface area contributed by atoms with Crippen molar-refractivity contribution < 1.29 is 9.90 Å². The first-order chi connectivity index (χ1) is 8.97. The summed E-state index contributed by atoms with van der Waals surface area (Å²) in [7, 11) is 1.62. The van der Waals surface area contributed by atoms with Gasteiger partial charge in [0.1, 0.15) is 5.75 Å². The molecule has 1 amide bonds. The third kappa shape index (κ3) is 2.77. The van der Waals surface area contributed by atoms with Crippen LogP contribution in [-0.2, 0) is 0 Å². The molecule has 0 spiro atoms. The molecule has 2 aromatic rings. The molecule has 0 aromatic heterocycles. The SMILES string of the molecule is CN(C(=O)c1cc(N)cc(N)c1)c1cccc(O)c1. The van der Waals surface area contributed by atoms with Crippen LogP contribution in [0.1, 0.15) is 10.4 Å². The van der Waals surface area contributed by atoms with Crippen molar-refractivity contribution >= 4 is 23.0 Å². The van der Waals surface area contributed by atoms with Gasteiger partial charge in [0.2, 0.25) is 0 Å². The number of phenols is 1. The minimum absolute atomic E-state index is 0.101. The van der Waals surface area contributed by atoms with Crippen LogP contribution < -0.4 is 16.4 Å². The second-order valence-corrected chi connectivity index (χ2v) is 4.27. The van der Waals surface area contributed by atoms with E-state index in [0.29, 0.717) is 22.6 Å². The average Bonchev–Trinajstić information content (AvgIpc) is 2.36. The van der Waals surface area contributed by atoms with Crippen LogP contribution in [0.15, 0.2) is 42.5 Å². The van der Waals surface area contributed by atoms with Gasteiger partial charge in [0.15, 0.2) is 0 Å². The van der Waals surface area contributed by atoms with Gasteiger partial charge >= 0.3 is 0 Å². The van der Waals surface area contributed by atoms with Crippen molar-refractivity contribution in [3.63, 3.8) is 0 Å². The van der Waals surface area contributed by atoms with Gasteiger partial charge in [-0.2, -0.15) is 0 Å². The predicted molar refractivity (Wildman–Crippen MR) is 76.1 cm³/mol. The standard InChI is InChI=1S/C14H15N3O2/c1-17(12-3-2-4-13(18)8-12)14(19)9-5-10(15)7-11(16)6-9/h2-8,18H,15-16H2,1H3. The highest BCUT2D eigenvalue weighted by Gasteiger charge is 2.14. The molecule has 0 saturated carbocycles. The molecule has 0 atom stereocenters. The van der Waals surface area contributed by atoms with Gasteiger partial charge in [-0.15, -0.1) is 0 Å². The number of anilines is 3. The van der Waals surface area contributed by atoms with E-state index in [4.69, 9.17) is 11.5 Å². The van der Waals surface area contributed by atoms with Gasteiger partial charge in [-0.25, -0.2) is 0 Å².